The first-order valence-corrected chi connectivity index (χ1v) is 6.24. The maximum atomic E-state index is 11.6. The number of carbonyl (C=O) groups excluding carboxylic acids is 1. The zero-order chi connectivity index (χ0) is 12.7. The molecule has 0 bridgehead atoms. The van der Waals surface area contributed by atoms with E-state index in [1.54, 1.807) is 0 Å². The third kappa shape index (κ3) is 6.90. The molecule has 17 heavy (non-hydrogen) atoms. The first-order valence-electron chi connectivity index (χ1n) is 6.24. The fourth-order valence-corrected chi connectivity index (χ4v) is 1.74. The van der Waals surface area contributed by atoms with E-state index < -0.39 is 0 Å². The number of carbonyl (C=O) groups is 1. The summed E-state index contributed by atoms with van der Waals surface area (Å²) in [6, 6.07) is 10.2. The lowest BCUT2D eigenvalue weighted by molar-refractivity contribution is -0.120. The van der Waals surface area contributed by atoms with Gasteiger partial charge < -0.3 is 5.32 Å². The van der Waals surface area contributed by atoms with Gasteiger partial charge in [0.25, 0.3) is 0 Å². The molecule has 0 aromatic heterocycles. The van der Waals surface area contributed by atoms with E-state index in [0.29, 0.717) is 18.6 Å². The highest BCUT2D eigenvalue weighted by molar-refractivity contribution is 5.79. The van der Waals surface area contributed by atoms with Crippen LogP contribution in [0.25, 0.3) is 0 Å². The normalized spacial score (nSPS) is 11.5. The molecule has 0 amide bonds. The molecule has 0 spiro atoms. The fraction of sp³-hybridized carbons (Fsp3) is 0.533. The van der Waals surface area contributed by atoms with Crippen molar-refractivity contribution >= 4 is 5.78 Å². The van der Waals surface area contributed by atoms with Crippen LogP contribution in [0.3, 0.4) is 0 Å². The Kier molecular flexibility index (Phi) is 5.36. The summed E-state index contributed by atoms with van der Waals surface area (Å²) >= 11 is 0. The van der Waals surface area contributed by atoms with Gasteiger partial charge >= 0.3 is 0 Å². The fourth-order valence-electron chi connectivity index (χ4n) is 1.74. The van der Waals surface area contributed by atoms with E-state index in [1.165, 1.54) is 5.56 Å². The average Bonchev–Trinajstić information content (AvgIpc) is 2.23. The molecule has 2 nitrogen and oxygen atoms in total. The molecule has 0 aliphatic heterocycles. The van der Waals surface area contributed by atoms with Gasteiger partial charge in [0.05, 0.1) is 0 Å². The van der Waals surface area contributed by atoms with Crippen molar-refractivity contribution in [2.45, 2.75) is 40.2 Å². The molecule has 0 fully saturated rings. The standard InChI is InChI=1S/C15H23NO/c1-15(2,3)11-14(17)9-10-16-12-13-7-5-4-6-8-13/h4-8,16H,9-12H2,1-3H3. The van der Waals surface area contributed by atoms with Crippen LogP contribution in [0.1, 0.15) is 39.2 Å². The van der Waals surface area contributed by atoms with E-state index >= 15 is 0 Å². The maximum Gasteiger partial charge on any atom is 0.134 e. The van der Waals surface area contributed by atoms with Gasteiger partial charge in [0.1, 0.15) is 5.78 Å². The second-order valence-corrected chi connectivity index (χ2v) is 5.69. The Balaban J connectivity index is 2.14. The molecule has 1 aromatic rings. The van der Waals surface area contributed by atoms with Crippen LogP contribution in [0.15, 0.2) is 30.3 Å². The quantitative estimate of drug-likeness (QED) is 0.765. The second-order valence-electron chi connectivity index (χ2n) is 5.69. The monoisotopic (exact) mass is 233 g/mol. The van der Waals surface area contributed by atoms with Gasteiger partial charge in [0.2, 0.25) is 0 Å². The smallest absolute Gasteiger partial charge is 0.134 e. The van der Waals surface area contributed by atoms with Crippen LogP contribution < -0.4 is 5.32 Å². The maximum absolute atomic E-state index is 11.6. The molecule has 0 saturated heterocycles. The minimum absolute atomic E-state index is 0.108. The first kappa shape index (κ1) is 13.9. The summed E-state index contributed by atoms with van der Waals surface area (Å²) in [5.41, 5.74) is 1.37. The van der Waals surface area contributed by atoms with Gasteiger partial charge in [-0.05, 0) is 11.0 Å². The van der Waals surface area contributed by atoms with Gasteiger partial charge in [-0.15, -0.1) is 0 Å². The van der Waals surface area contributed by atoms with Crippen LogP contribution in [0.2, 0.25) is 0 Å². The van der Waals surface area contributed by atoms with Crippen LogP contribution in [0.5, 0.6) is 0 Å². The lowest BCUT2D eigenvalue weighted by Crippen LogP contribution is -2.20. The van der Waals surface area contributed by atoms with E-state index in [0.717, 1.165) is 13.1 Å². The topological polar surface area (TPSA) is 29.1 Å². The van der Waals surface area contributed by atoms with Crippen molar-refractivity contribution in [1.29, 1.82) is 0 Å². The minimum atomic E-state index is 0.108. The molecular formula is C15H23NO. The van der Waals surface area contributed by atoms with E-state index in [1.807, 2.05) is 18.2 Å². The van der Waals surface area contributed by atoms with Crippen molar-refractivity contribution in [2.75, 3.05) is 6.54 Å². The molecular weight excluding hydrogens is 210 g/mol. The Hall–Kier alpha value is -1.15. The molecule has 0 aliphatic carbocycles. The Morgan fingerprint density at radius 2 is 1.82 bits per heavy atom. The molecule has 0 atom stereocenters. The number of benzene rings is 1. The lowest BCUT2D eigenvalue weighted by atomic mass is 9.89. The minimum Gasteiger partial charge on any atom is -0.312 e. The van der Waals surface area contributed by atoms with E-state index in [-0.39, 0.29) is 5.41 Å². The SMILES string of the molecule is CC(C)(C)CC(=O)CCNCc1ccccc1. The average molecular weight is 233 g/mol. The van der Waals surface area contributed by atoms with Crippen molar-refractivity contribution in [1.82, 2.24) is 5.32 Å². The molecule has 2 heteroatoms. The molecule has 1 aromatic carbocycles. The molecule has 0 heterocycles. The Morgan fingerprint density at radius 1 is 1.18 bits per heavy atom. The van der Waals surface area contributed by atoms with Gasteiger partial charge in [-0.2, -0.15) is 0 Å². The highest BCUT2D eigenvalue weighted by Gasteiger charge is 2.15. The van der Waals surface area contributed by atoms with Crippen LogP contribution in [-0.2, 0) is 11.3 Å². The first-order chi connectivity index (χ1) is 7.97. The van der Waals surface area contributed by atoms with Crippen LogP contribution in [-0.4, -0.2) is 12.3 Å². The van der Waals surface area contributed by atoms with Crippen LogP contribution in [0, 0.1) is 5.41 Å². The molecule has 1 rings (SSSR count). The van der Waals surface area contributed by atoms with Gasteiger partial charge in [-0.3, -0.25) is 4.79 Å². The predicted octanol–water partition coefficient (Wildman–Crippen LogP) is 3.17. The number of hydrogen-bond donors (Lipinski definition) is 1. The van der Waals surface area contributed by atoms with Crippen LogP contribution in [0.4, 0.5) is 0 Å². The van der Waals surface area contributed by atoms with Crippen molar-refractivity contribution in [3.8, 4) is 0 Å². The number of hydrogen-bond acceptors (Lipinski definition) is 2. The highest BCUT2D eigenvalue weighted by atomic mass is 16.1. The lowest BCUT2D eigenvalue weighted by Gasteiger charge is -2.16. The number of ketones is 1. The Bertz CT molecular complexity index is 338. The molecule has 0 aliphatic rings. The second kappa shape index (κ2) is 6.55. The highest BCUT2D eigenvalue weighted by Crippen LogP contribution is 2.19. The molecule has 1 N–H and O–H groups in total. The van der Waals surface area contributed by atoms with Gasteiger partial charge in [0, 0.05) is 25.9 Å². The molecule has 0 saturated carbocycles. The molecule has 94 valence electrons. The summed E-state index contributed by atoms with van der Waals surface area (Å²) in [7, 11) is 0. The van der Waals surface area contributed by atoms with E-state index in [2.05, 4.69) is 38.2 Å². The third-order valence-electron chi connectivity index (χ3n) is 2.48. The summed E-state index contributed by atoms with van der Waals surface area (Å²) in [6.45, 7) is 7.90. The van der Waals surface area contributed by atoms with Gasteiger partial charge in [0.15, 0.2) is 0 Å². The molecule has 0 radical (unpaired) electrons. The van der Waals surface area contributed by atoms with Crippen molar-refractivity contribution in [3.63, 3.8) is 0 Å². The van der Waals surface area contributed by atoms with E-state index in [4.69, 9.17) is 0 Å². The summed E-state index contributed by atoms with van der Waals surface area (Å²) in [5.74, 6) is 0.345. The predicted molar refractivity (Wildman–Crippen MR) is 71.8 cm³/mol. The Morgan fingerprint density at radius 3 is 2.41 bits per heavy atom. The molecule has 0 unspecified atom stereocenters. The van der Waals surface area contributed by atoms with Crippen molar-refractivity contribution in [2.24, 2.45) is 5.41 Å². The van der Waals surface area contributed by atoms with Crippen molar-refractivity contribution < 1.29 is 4.79 Å². The van der Waals surface area contributed by atoms with Gasteiger partial charge in [-0.25, -0.2) is 0 Å². The number of nitrogens with one attached hydrogen (secondary N) is 1. The Labute approximate surface area is 104 Å². The zero-order valence-corrected chi connectivity index (χ0v) is 11.1. The zero-order valence-electron chi connectivity index (χ0n) is 11.1. The summed E-state index contributed by atoms with van der Waals surface area (Å²) in [4.78, 5) is 11.6. The van der Waals surface area contributed by atoms with Gasteiger partial charge in [-0.1, -0.05) is 51.1 Å². The largest absolute Gasteiger partial charge is 0.312 e. The van der Waals surface area contributed by atoms with Crippen LogP contribution >= 0.6 is 0 Å². The summed E-state index contributed by atoms with van der Waals surface area (Å²) < 4.78 is 0. The summed E-state index contributed by atoms with van der Waals surface area (Å²) in [6.07, 6.45) is 1.30. The number of Topliss-reactive ketones (excluding diaryl/α,β-unsaturated/α-hetero) is 1. The van der Waals surface area contributed by atoms with Crippen molar-refractivity contribution in [3.05, 3.63) is 35.9 Å². The third-order valence-corrected chi connectivity index (χ3v) is 2.48. The van der Waals surface area contributed by atoms with E-state index in [9.17, 15) is 4.79 Å². The number of rotatable bonds is 6. The summed E-state index contributed by atoms with van der Waals surface area (Å²) in [5, 5.41) is 3.30.